The van der Waals surface area contributed by atoms with Gasteiger partial charge in [0.25, 0.3) is 0 Å². The van der Waals surface area contributed by atoms with E-state index in [0.717, 1.165) is 16.5 Å². The number of nitrogens with one attached hydrogen (secondary N) is 2. The number of aliphatic carboxylic acids is 1. The van der Waals surface area contributed by atoms with E-state index in [1.165, 1.54) is 0 Å². The fourth-order valence-corrected chi connectivity index (χ4v) is 4.73. The highest BCUT2D eigenvalue weighted by molar-refractivity contribution is 6.31. The van der Waals surface area contributed by atoms with Crippen LogP contribution in [0.1, 0.15) is 51.5 Å². The summed E-state index contributed by atoms with van der Waals surface area (Å²) >= 11 is 6.17. The molecule has 174 valence electrons. The highest BCUT2D eigenvalue weighted by atomic mass is 35.5. The zero-order chi connectivity index (χ0) is 23.0. The van der Waals surface area contributed by atoms with E-state index in [-0.39, 0.29) is 49.3 Å². The number of hydrogen-bond donors (Lipinski definition) is 5. The number of hydrogen-bond acceptors (Lipinski definition) is 4. The van der Waals surface area contributed by atoms with Gasteiger partial charge in [0, 0.05) is 34.6 Å². The number of rotatable bonds is 7. The highest BCUT2D eigenvalue weighted by Crippen LogP contribution is 2.42. The third-order valence-electron chi connectivity index (χ3n) is 5.82. The second-order valence-electron chi connectivity index (χ2n) is 7.96. The van der Waals surface area contributed by atoms with E-state index in [9.17, 15) is 24.6 Å². The molecule has 1 amide bonds. The molecular weight excluding hydrogens is 469 g/mol. The van der Waals surface area contributed by atoms with E-state index in [0.29, 0.717) is 40.2 Å². The third-order valence-corrected chi connectivity index (χ3v) is 6.04. The molecule has 0 bridgehead atoms. The highest BCUT2D eigenvalue weighted by Gasteiger charge is 2.31. The summed E-state index contributed by atoms with van der Waals surface area (Å²) < 4.78 is 0. The van der Waals surface area contributed by atoms with Crippen LogP contribution in [-0.4, -0.2) is 33.0 Å². The van der Waals surface area contributed by atoms with Crippen LogP contribution in [-0.2, 0) is 29.0 Å². The van der Waals surface area contributed by atoms with Crippen molar-refractivity contribution in [3.8, 4) is 0 Å². The number of nitrogens with two attached hydrogens (primary N) is 1. The zero-order valence-corrected chi connectivity index (χ0v) is 19.1. The lowest BCUT2D eigenvalue weighted by molar-refractivity contribution is -0.136. The molecule has 1 aromatic heterocycles. The molecule has 3 aromatic rings. The first-order valence-corrected chi connectivity index (χ1v) is 10.6. The van der Waals surface area contributed by atoms with Crippen LogP contribution in [0, 0.1) is 0 Å². The van der Waals surface area contributed by atoms with Crippen LogP contribution in [0.25, 0.3) is 10.9 Å². The lowest BCUT2D eigenvalue weighted by atomic mass is 9.81. The molecule has 1 unspecified atom stereocenters. The van der Waals surface area contributed by atoms with Gasteiger partial charge in [0.2, 0.25) is 5.91 Å². The maximum Gasteiger partial charge on any atom is 0.352 e. The first kappa shape index (κ1) is 24.6. The van der Waals surface area contributed by atoms with E-state index < -0.39 is 11.9 Å². The number of benzene rings is 2. The van der Waals surface area contributed by atoms with Crippen LogP contribution in [0.15, 0.2) is 30.3 Å². The largest absolute Gasteiger partial charge is 0.481 e. The smallest absolute Gasteiger partial charge is 0.352 e. The Kier molecular flexibility index (Phi) is 7.31. The van der Waals surface area contributed by atoms with Gasteiger partial charge in [-0.15, -0.1) is 12.4 Å². The normalized spacial score (nSPS) is 14.5. The van der Waals surface area contributed by atoms with Crippen molar-refractivity contribution in [1.82, 2.24) is 4.98 Å². The van der Waals surface area contributed by atoms with Gasteiger partial charge >= 0.3 is 11.9 Å². The lowest BCUT2D eigenvalue weighted by Gasteiger charge is -2.23. The first-order valence-electron chi connectivity index (χ1n) is 10.2. The van der Waals surface area contributed by atoms with Crippen molar-refractivity contribution in [2.24, 2.45) is 5.73 Å². The number of carbonyl (C=O) groups is 3. The molecule has 0 saturated carbocycles. The predicted molar refractivity (Wildman–Crippen MR) is 127 cm³/mol. The van der Waals surface area contributed by atoms with Gasteiger partial charge in [-0.2, -0.15) is 0 Å². The summed E-state index contributed by atoms with van der Waals surface area (Å²) in [5.41, 5.74) is 9.58. The molecular formula is C23H23Cl2N3O5. The Balaban J connectivity index is 0.00000306. The quantitative estimate of drug-likeness (QED) is 0.336. The molecule has 1 aliphatic rings. The first-order chi connectivity index (χ1) is 15.3. The molecule has 33 heavy (non-hydrogen) atoms. The number of anilines is 1. The minimum absolute atomic E-state index is 0. The van der Waals surface area contributed by atoms with Crippen molar-refractivity contribution in [2.45, 2.75) is 38.1 Å². The van der Waals surface area contributed by atoms with Gasteiger partial charge in [-0.3, -0.25) is 9.59 Å². The molecule has 0 fully saturated rings. The van der Waals surface area contributed by atoms with E-state index in [1.54, 1.807) is 24.3 Å². The van der Waals surface area contributed by atoms with Gasteiger partial charge in [0.15, 0.2) is 0 Å². The molecule has 4 rings (SSSR count). The van der Waals surface area contributed by atoms with Crippen LogP contribution >= 0.6 is 24.0 Å². The fraction of sp³-hybridized carbons (Fsp3) is 0.261. The Morgan fingerprint density at radius 2 is 1.94 bits per heavy atom. The number of amides is 1. The minimum Gasteiger partial charge on any atom is -0.481 e. The minimum atomic E-state index is -1.09. The van der Waals surface area contributed by atoms with Crippen molar-refractivity contribution in [3.63, 3.8) is 0 Å². The Morgan fingerprint density at radius 1 is 1.18 bits per heavy atom. The molecule has 8 nitrogen and oxygen atoms in total. The average Bonchev–Trinajstić information content (AvgIpc) is 3.11. The second-order valence-corrected chi connectivity index (χ2v) is 8.40. The van der Waals surface area contributed by atoms with Crippen molar-refractivity contribution in [2.75, 3.05) is 5.32 Å². The zero-order valence-electron chi connectivity index (χ0n) is 17.5. The van der Waals surface area contributed by atoms with Crippen molar-refractivity contribution >= 4 is 58.4 Å². The number of aromatic amines is 1. The summed E-state index contributed by atoms with van der Waals surface area (Å²) in [6.07, 6.45) is 1.10. The summed E-state index contributed by atoms with van der Waals surface area (Å²) in [7, 11) is 0. The van der Waals surface area contributed by atoms with E-state index >= 15 is 0 Å². The maximum absolute atomic E-state index is 12.9. The summed E-state index contributed by atoms with van der Waals surface area (Å²) in [6.45, 7) is 0.258. The monoisotopic (exact) mass is 491 g/mol. The Hall–Kier alpha value is -3.07. The van der Waals surface area contributed by atoms with Gasteiger partial charge in [-0.25, -0.2) is 4.79 Å². The number of aromatic carboxylic acids is 1. The average molecular weight is 492 g/mol. The summed E-state index contributed by atoms with van der Waals surface area (Å²) in [5.74, 6) is -2.72. The number of aromatic nitrogens is 1. The van der Waals surface area contributed by atoms with Crippen molar-refractivity contribution in [3.05, 3.63) is 63.3 Å². The molecule has 0 aliphatic heterocycles. The molecule has 1 aliphatic carbocycles. The summed E-state index contributed by atoms with van der Waals surface area (Å²) in [6, 6.07) is 8.58. The molecule has 6 N–H and O–H groups in total. The maximum atomic E-state index is 12.9. The molecule has 1 heterocycles. The van der Waals surface area contributed by atoms with Crippen molar-refractivity contribution < 1.29 is 24.6 Å². The van der Waals surface area contributed by atoms with Crippen molar-refractivity contribution in [1.29, 1.82) is 0 Å². The van der Waals surface area contributed by atoms with Crippen LogP contribution in [0.2, 0.25) is 5.02 Å². The predicted octanol–water partition coefficient (Wildman–Crippen LogP) is 4.09. The summed E-state index contributed by atoms with van der Waals surface area (Å²) in [4.78, 5) is 38.9. The number of carbonyl (C=O) groups excluding carboxylic acids is 1. The molecule has 0 radical (unpaired) electrons. The van der Waals surface area contributed by atoms with Crippen LogP contribution in [0.5, 0.6) is 0 Å². The molecule has 0 saturated heterocycles. The fourth-order valence-electron chi connectivity index (χ4n) is 4.49. The molecule has 1 atom stereocenters. The number of aryl methyl sites for hydroxylation is 1. The van der Waals surface area contributed by atoms with Crippen LogP contribution in [0.3, 0.4) is 0 Å². The molecule has 2 aromatic carbocycles. The number of halogens is 2. The number of carboxylic acid groups (broad SMARTS) is 2. The Bertz CT molecular complexity index is 1250. The Labute approximate surface area is 200 Å². The standard InChI is InChI=1S/C23H22ClN3O5.ClH/c24-15-6-12-2-3-13(21-20(12)17(9-15)27-22(21)23(31)32)7-18(28)26-16-4-1-11(10-25)5-14(16)8-19(29)30;/h1,4-6,9,13,27H,2-3,7-8,10,25H2,(H,26,28)(H,29,30)(H,31,32);1H. The molecule has 10 heteroatoms. The van der Waals surface area contributed by atoms with Gasteiger partial charge in [-0.1, -0.05) is 23.7 Å². The molecule has 0 spiro atoms. The topological polar surface area (TPSA) is 146 Å². The number of H-pyrrole nitrogens is 1. The SMILES string of the molecule is Cl.NCc1ccc(NC(=O)CC2CCc3cc(Cl)cc4[nH]c(C(=O)O)c2c34)c(CC(=O)O)c1. The van der Waals surface area contributed by atoms with Gasteiger partial charge in [0.05, 0.1) is 6.42 Å². The summed E-state index contributed by atoms with van der Waals surface area (Å²) in [5, 5.41) is 23.0. The van der Waals surface area contributed by atoms with Gasteiger partial charge in [0.1, 0.15) is 5.69 Å². The van der Waals surface area contributed by atoms with E-state index in [4.69, 9.17) is 17.3 Å². The van der Waals surface area contributed by atoms with Crippen LogP contribution in [0.4, 0.5) is 5.69 Å². The third kappa shape index (κ3) is 4.98. The number of carboxylic acids is 2. The van der Waals surface area contributed by atoms with Gasteiger partial charge in [-0.05, 0) is 59.2 Å². The Morgan fingerprint density at radius 3 is 2.61 bits per heavy atom. The van der Waals surface area contributed by atoms with Gasteiger partial charge < -0.3 is 26.2 Å². The second kappa shape index (κ2) is 9.82. The van der Waals surface area contributed by atoms with E-state index in [2.05, 4.69) is 10.3 Å². The lowest BCUT2D eigenvalue weighted by Crippen LogP contribution is -2.20. The van der Waals surface area contributed by atoms with Crippen LogP contribution < -0.4 is 11.1 Å². The van der Waals surface area contributed by atoms with E-state index in [1.807, 2.05) is 6.07 Å².